The van der Waals surface area contributed by atoms with Gasteiger partial charge in [-0.1, -0.05) is 29.3 Å². The molecule has 2 aromatic rings. The lowest BCUT2D eigenvalue weighted by atomic mass is 10.1. The normalized spacial score (nSPS) is 10.4. The van der Waals surface area contributed by atoms with E-state index < -0.39 is 0 Å². The number of carbonyl (C=O) groups is 1. The van der Waals surface area contributed by atoms with Gasteiger partial charge in [-0.2, -0.15) is 0 Å². The SMILES string of the molecule is O=C(Cc1ccc(Cl)c(Cl)c1)c1cnc[nH]1. The number of ketones is 1. The second-order valence-corrected chi connectivity index (χ2v) is 4.13. The lowest BCUT2D eigenvalue weighted by Gasteiger charge is -2.01. The maximum absolute atomic E-state index is 11.7. The van der Waals surface area contributed by atoms with Crippen LogP contribution < -0.4 is 0 Å². The fourth-order valence-electron chi connectivity index (χ4n) is 1.34. The molecule has 0 saturated heterocycles. The third-order valence-corrected chi connectivity index (χ3v) is 2.89. The van der Waals surface area contributed by atoms with Gasteiger partial charge in [-0.3, -0.25) is 4.79 Å². The molecule has 0 saturated carbocycles. The topological polar surface area (TPSA) is 45.8 Å². The number of carbonyl (C=O) groups excluding carboxylic acids is 1. The molecule has 0 amide bonds. The van der Waals surface area contributed by atoms with Crippen LogP contribution in [0.4, 0.5) is 0 Å². The summed E-state index contributed by atoms with van der Waals surface area (Å²) in [6.45, 7) is 0. The standard InChI is InChI=1S/C11H8Cl2N2O/c12-8-2-1-7(3-9(8)13)4-11(16)10-5-14-6-15-10/h1-3,5-6H,4H2,(H,14,15). The van der Waals surface area contributed by atoms with Gasteiger partial charge in [0.2, 0.25) is 0 Å². The zero-order valence-electron chi connectivity index (χ0n) is 8.21. The van der Waals surface area contributed by atoms with Crippen LogP contribution in [0.25, 0.3) is 0 Å². The van der Waals surface area contributed by atoms with Crippen LogP contribution in [-0.4, -0.2) is 15.8 Å². The lowest BCUT2D eigenvalue weighted by Crippen LogP contribution is -2.03. The highest BCUT2D eigenvalue weighted by Gasteiger charge is 2.09. The highest BCUT2D eigenvalue weighted by Crippen LogP contribution is 2.23. The van der Waals surface area contributed by atoms with Gasteiger partial charge in [0.1, 0.15) is 5.69 Å². The van der Waals surface area contributed by atoms with E-state index >= 15 is 0 Å². The molecule has 1 N–H and O–H groups in total. The summed E-state index contributed by atoms with van der Waals surface area (Å²) in [5.41, 5.74) is 1.32. The number of Topliss-reactive ketones (excluding diaryl/α,β-unsaturated/α-hetero) is 1. The zero-order chi connectivity index (χ0) is 11.5. The quantitative estimate of drug-likeness (QED) is 0.856. The second-order valence-electron chi connectivity index (χ2n) is 3.31. The van der Waals surface area contributed by atoms with Crippen LogP contribution in [-0.2, 0) is 6.42 Å². The van der Waals surface area contributed by atoms with Crippen molar-refractivity contribution in [2.24, 2.45) is 0 Å². The van der Waals surface area contributed by atoms with E-state index in [1.807, 2.05) is 0 Å². The lowest BCUT2D eigenvalue weighted by molar-refractivity contribution is 0.0989. The molecule has 2 rings (SSSR count). The highest BCUT2D eigenvalue weighted by atomic mass is 35.5. The molecule has 0 aliphatic rings. The molecule has 0 fully saturated rings. The van der Waals surface area contributed by atoms with E-state index in [1.165, 1.54) is 12.5 Å². The number of halogens is 2. The van der Waals surface area contributed by atoms with Crippen LogP contribution in [0, 0.1) is 0 Å². The van der Waals surface area contributed by atoms with E-state index in [1.54, 1.807) is 18.2 Å². The maximum Gasteiger partial charge on any atom is 0.184 e. The first-order chi connectivity index (χ1) is 7.66. The van der Waals surface area contributed by atoms with Crippen molar-refractivity contribution in [1.82, 2.24) is 9.97 Å². The van der Waals surface area contributed by atoms with Crippen molar-refractivity contribution < 1.29 is 4.79 Å². The third-order valence-electron chi connectivity index (χ3n) is 2.15. The molecule has 0 aliphatic carbocycles. The molecule has 0 unspecified atom stereocenters. The maximum atomic E-state index is 11.7. The van der Waals surface area contributed by atoms with Gasteiger partial charge in [-0.15, -0.1) is 0 Å². The van der Waals surface area contributed by atoms with E-state index in [4.69, 9.17) is 23.2 Å². The Kier molecular flexibility index (Phi) is 3.27. The molecule has 0 aliphatic heterocycles. The first kappa shape index (κ1) is 11.2. The van der Waals surface area contributed by atoms with Crippen molar-refractivity contribution in [1.29, 1.82) is 0 Å². The van der Waals surface area contributed by atoms with Crippen LogP contribution in [0.3, 0.4) is 0 Å². The first-order valence-electron chi connectivity index (χ1n) is 4.62. The second kappa shape index (κ2) is 4.68. The summed E-state index contributed by atoms with van der Waals surface area (Å²) in [4.78, 5) is 18.3. The zero-order valence-corrected chi connectivity index (χ0v) is 9.72. The van der Waals surface area contributed by atoms with Crippen LogP contribution >= 0.6 is 23.2 Å². The van der Waals surface area contributed by atoms with Crippen molar-refractivity contribution in [3.05, 3.63) is 52.0 Å². The molecular formula is C11H8Cl2N2O. The number of aromatic amines is 1. The van der Waals surface area contributed by atoms with Gasteiger partial charge in [-0.05, 0) is 17.7 Å². The molecule has 0 spiro atoms. The van der Waals surface area contributed by atoms with Crippen molar-refractivity contribution in [2.75, 3.05) is 0 Å². The molecular weight excluding hydrogens is 247 g/mol. The molecule has 0 atom stereocenters. The molecule has 1 aromatic carbocycles. The summed E-state index contributed by atoms with van der Waals surface area (Å²) in [6, 6.07) is 5.15. The molecule has 0 bridgehead atoms. The number of hydrogen-bond acceptors (Lipinski definition) is 2. The smallest absolute Gasteiger partial charge is 0.184 e. The molecule has 1 heterocycles. The minimum atomic E-state index is -0.0316. The van der Waals surface area contributed by atoms with Crippen molar-refractivity contribution >= 4 is 29.0 Å². The monoisotopic (exact) mass is 254 g/mol. The number of H-pyrrole nitrogens is 1. The van der Waals surface area contributed by atoms with Gasteiger partial charge in [0, 0.05) is 6.42 Å². The van der Waals surface area contributed by atoms with Gasteiger partial charge in [0.15, 0.2) is 5.78 Å². The Bertz CT molecular complexity index is 509. The minimum Gasteiger partial charge on any atom is -0.342 e. The van der Waals surface area contributed by atoms with Gasteiger partial charge in [0.25, 0.3) is 0 Å². The van der Waals surface area contributed by atoms with E-state index in [9.17, 15) is 4.79 Å². The summed E-state index contributed by atoms with van der Waals surface area (Å²) in [6.07, 6.45) is 3.25. The predicted molar refractivity (Wildman–Crippen MR) is 63.1 cm³/mol. The Hall–Kier alpha value is -1.32. The average Bonchev–Trinajstić information content (AvgIpc) is 2.77. The predicted octanol–water partition coefficient (Wildman–Crippen LogP) is 3.14. The molecule has 1 aromatic heterocycles. The van der Waals surface area contributed by atoms with Gasteiger partial charge >= 0.3 is 0 Å². The largest absolute Gasteiger partial charge is 0.342 e. The van der Waals surface area contributed by atoms with E-state index in [0.29, 0.717) is 15.7 Å². The Morgan fingerprint density at radius 3 is 2.75 bits per heavy atom. The van der Waals surface area contributed by atoms with Crippen LogP contribution in [0.15, 0.2) is 30.7 Å². The number of rotatable bonds is 3. The van der Waals surface area contributed by atoms with E-state index in [-0.39, 0.29) is 12.2 Å². The Morgan fingerprint density at radius 1 is 1.31 bits per heavy atom. The number of imidazole rings is 1. The van der Waals surface area contributed by atoms with Crippen LogP contribution in [0.2, 0.25) is 10.0 Å². The fourth-order valence-corrected chi connectivity index (χ4v) is 1.66. The fraction of sp³-hybridized carbons (Fsp3) is 0.0909. The minimum absolute atomic E-state index is 0.0316. The molecule has 3 nitrogen and oxygen atoms in total. The number of hydrogen-bond donors (Lipinski definition) is 1. The summed E-state index contributed by atoms with van der Waals surface area (Å²) in [5.74, 6) is -0.0316. The Balaban J connectivity index is 2.15. The van der Waals surface area contributed by atoms with Crippen LogP contribution in [0.5, 0.6) is 0 Å². The van der Waals surface area contributed by atoms with Crippen molar-refractivity contribution in [3.8, 4) is 0 Å². The first-order valence-corrected chi connectivity index (χ1v) is 5.38. The molecule has 16 heavy (non-hydrogen) atoms. The van der Waals surface area contributed by atoms with Gasteiger partial charge in [0.05, 0.1) is 22.6 Å². The molecule has 5 heteroatoms. The van der Waals surface area contributed by atoms with Crippen molar-refractivity contribution in [3.63, 3.8) is 0 Å². The highest BCUT2D eigenvalue weighted by molar-refractivity contribution is 6.42. The van der Waals surface area contributed by atoms with Gasteiger partial charge < -0.3 is 4.98 Å². The number of nitrogens with zero attached hydrogens (tertiary/aromatic N) is 1. The summed E-state index contributed by atoms with van der Waals surface area (Å²) >= 11 is 11.6. The summed E-state index contributed by atoms with van der Waals surface area (Å²) in [5, 5.41) is 0.941. The van der Waals surface area contributed by atoms with Crippen LogP contribution in [0.1, 0.15) is 16.1 Å². The summed E-state index contributed by atoms with van der Waals surface area (Å²) < 4.78 is 0. The average molecular weight is 255 g/mol. The van der Waals surface area contributed by atoms with E-state index in [0.717, 1.165) is 5.56 Å². The number of nitrogens with one attached hydrogen (secondary N) is 1. The Labute approximate surface area is 102 Å². The molecule has 0 radical (unpaired) electrons. The third kappa shape index (κ3) is 2.43. The van der Waals surface area contributed by atoms with Gasteiger partial charge in [-0.25, -0.2) is 4.98 Å². The van der Waals surface area contributed by atoms with Crippen molar-refractivity contribution in [2.45, 2.75) is 6.42 Å². The Morgan fingerprint density at radius 2 is 2.12 bits per heavy atom. The number of benzene rings is 1. The summed E-state index contributed by atoms with van der Waals surface area (Å²) in [7, 11) is 0. The molecule has 82 valence electrons. The number of aromatic nitrogens is 2. The van der Waals surface area contributed by atoms with E-state index in [2.05, 4.69) is 9.97 Å².